The summed E-state index contributed by atoms with van der Waals surface area (Å²) in [6, 6.07) is 25.8. The van der Waals surface area contributed by atoms with Crippen LogP contribution in [-0.4, -0.2) is 19.1 Å². The van der Waals surface area contributed by atoms with Gasteiger partial charge >= 0.3 is 5.97 Å². The van der Waals surface area contributed by atoms with Crippen LogP contribution in [0.25, 0.3) is 0 Å². The van der Waals surface area contributed by atoms with E-state index in [2.05, 4.69) is 87.9 Å². The van der Waals surface area contributed by atoms with Crippen molar-refractivity contribution in [1.29, 1.82) is 0 Å². The second-order valence-corrected chi connectivity index (χ2v) is 9.11. The number of hydrogen-bond acceptors (Lipinski definition) is 5. The van der Waals surface area contributed by atoms with Crippen LogP contribution in [0.2, 0.25) is 0 Å². The molecule has 33 heavy (non-hydrogen) atoms. The van der Waals surface area contributed by atoms with Gasteiger partial charge < -0.3 is 15.1 Å². The van der Waals surface area contributed by atoms with Gasteiger partial charge in [-0.2, -0.15) is 5.90 Å². The maximum absolute atomic E-state index is 11.6. The predicted molar refractivity (Wildman–Crippen MR) is 132 cm³/mol. The Labute approximate surface area is 195 Å². The third-order valence-electron chi connectivity index (χ3n) is 6.94. The summed E-state index contributed by atoms with van der Waals surface area (Å²) in [5, 5.41) is 3.60. The van der Waals surface area contributed by atoms with Crippen molar-refractivity contribution in [3.05, 3.63) is 95.1 Å². The molecule has 0 bridgehead atoms. The SMILES string of the molecule is NOC(=O)[C@@H]1C[C@H]1c1ccc(NCc2cccc3c2N(CCc2ccccc2)CCC3)cc1. The molecule has 0 amide bonds. The van der Waals surface area contributed by atoms with Crippen molar-refractivity contribution in [2.24, 2.45) is 11.8 Å². The third-order valence-corrected chi connectivity index (χ3v) is 6.94. The third kappa shape index (κ3) is 4.88. The first kappa shape index (κ1) is 21.5. The van der Waals surface area contributed by atoms with Gasteiger partial charge in [-0.1, -0.05) is 60.7 Å². The average molecular weight is 442 g/mol. The van der Waals surface area contributed by atoms with E-state index in [0.29, 0.717) is 0 Å². The lowest BCUT2D eigenvalue weighted by atomic mass is 9.97. The number of aryl methyl sites for hydroxylation is 1. The van der Waals surface area contributed by atoms with Crippen LogP contribution < -0.4 is 16.1 Å². The van der Waals surface area contributed by atoms with Gasteiger partial charge in [0, 0.05) is 31.0 Å². The lowest BCUT2D eigenvalue weighted by Gasteiger charge is -2.33. The molecule has 1 heterocycles. The first-order chi connectivity index (χ1) is 16.2. The van der Waals surface area contributed by atoms with E-state index in [9.17, 15) is 4.79 Å². The number of nitrogens with one attached hydrogen (secondary N) is 1. The van der Waals surface area contributed by atoms with Gasteiger partial charge in [0.2, 0.25) is 0 Å². The Hall–Kier alpha value is -3.31. The quantitative estimate of drug-likeness (QED) is 0.491. The van der Waals surface area contributed by atoms with Gasteiger partial charge in [0.05, 0.1) is 5.92 Å². The number of nitrogens with zero attached hydrogens (tertiary/aromatic N) is 1. The van der Waals surface area contributed by atoms with Crippen LogP contribution in [0.4, 0.5) is 11.4 Å². The van der Waals surface area contributed by atoms with E-state index in [1.54, 1.807) is 0 Å². The van der Waals surface area contributed by atoms with Gasteiger partial charge in [-0.15, -0.1) is 0 Å². The normalized spacial score (nSPS) is 19.0. The molecule has 1 saturated carbocycles. The van der Waals surface area contributed by atoms with E-state index in [1.807, 2.05) is 0 Å². The van der Waals surface area contributed by atoms with Crippen LogP contribution in [-0.2, 0) is 29.0 Å². The summed E-state index contributed by atoms with van der Waals surface area (Å²) in [6.45, 7) is 2.94. The highest BCUT2D eigenvalue weighted by molar-refractivity contribution is 5.77. The number of fused-ring (bicyclic) bond motifs is 1. The lowest BCUT2D eigenvalue weighted by molar-refractivity contribution is -0.145. The number of anilines is 2. The van der Waals surface area contributed by atoms with Crippen molar-refractivity contribution in [2.75, 3.05) is 23.3 Å². The molecule has 1 fully saturated rings. The Morgan fingerprint density at radius 2 is 1.85 bits per heavy atom. The van der Waals surface area contributed by atoms with Gasteiger partial charge in [-0.3, -0.25) is 4.79 Å². The highest BCUT2D eigenvalue weighted by Gasteiger charge is 2.45. The molecule has 3 aromatic rings. The molecule has 2 atom stereocenters. The van der Waals surface area contributed by atoms with Crippen LogP contribution >= 0.6 is 0 Å². The zero-order valence-corrected chi connectivity index (χ0v) is 18.9. The highest BCUT2D eigenvalue weighted by atomic mass is 16.7. The van der Waals surface area contributed by atoms with E-state index in [1.165, 1.54) is 34.4 Å². The number of benzene rings is 3. The minimum Gasteiger partial charge on any atom is -0.381 e. The van der Waals surface area contributed by atoms with E-state index in [-0.39, 0.29) is 17.8 Å². The fourth-order valence-electron chi connectivity index (χ4n) is 5.06. The zero-order chi connectivity index (χ0) is 22.6. The summed E-state index contributed by atoms with van der Waals surface area (Å²) in [5.41, 5.74) is 7.84. The molecular formula is C28H31N3O2. The second-order valence-electron chi connectivity index (χ2n) is 9.11. The molecule has 0 radical (unpaired) electrons. The van der Waals surface area contributed by atoms with Gasteiger partial charge in [-0.05, 0) is 66.0 Å². The topological polar surface area (TPSA) is 67.6 Å². The van der Waals surface area contributed by atoms with E-state index in [0.717, 1.165) is 44.6 Å². The van der Waals surface area contributed by atoms with Gasteiger partial charge in [0.15, 0.2) is 0 Å². The molecule has 1 aliphatic carbocycles. The second kappa shape index (κ2) is 9.67. The number of nitrogens with two attached hydrogens (primary N) is 1. The molecule has 0 spiro atoms. The fraction of sp³-hybridized carbons (Fsp3) is 0.321. The lowest BCUT2D eigenvalue weighted by Crippen LogP contribution is -2.32. The standard InChI is InChI=1S/C28H31N3O2/c29-33-28(32)26-18-25(26)21-11-13-24(14-12-21)30-19-23-9-4-8-22-10-5-16-31(27(22)23)17-15-20-6-2-1-3-7-20/h1-4,6-9,11-14,25-26,30H,5,10,15-19,29H2/t25-,26+/m0/s1. The van der Waals surface area contributed by atoms with Crippen molar-refractivity contribution in [3.8, 4) is 0 Å². The van der Waals surface area contributed by atoms with Gasteiger partial charge in [0.25, 0.3) is 0 Å². The summed E-state index contributed by atoms with van der Waals surface area (Å²) >= 11 is 0. The Morgan fingerprint density at radius 1 is 1.03 bits per heavy atom. The minimum absolute atomic E-state index is 0.0912. The molecule has 2 aliphatic rings. The summed E-state index contributed by atoms with van der Waals surface area (Å²) < 4.78 is 0. The maximum atomic E-state index is 11.6. The highest BCUT2D eigenvalue weighted by Crippen LogP contribution is 2.48. The smallest absolute Gasteiger partial charge is 0.328 e. The van der Waals surface area contributed by atoms with Crippen molar-refractivity contribution in [3.63, 3.8) is 0 Å². The fourth-order valence-corrected chi connectivity index (χ4v) is 5.06. The van der Waals surface area contributed by atoms with Crippen molar-refractivity contribution in [1.82, 2.24) is 0 Å². The Balaban J connectivity index is 1.25. The molecule has 170 valence electrons. The van der Waals surface area contributed by atoms with E-state index in [4.69, 9.17) is 5.90 Å². The van der Waals surface area contributed by atoms with Crippen molar-refractivity contribution < 1.29 is 9.63 Å². The number of carbonyl (C=O) groups is 1. The predicted octanol–water partition coefficient (Wildman–Crippen LogP) is 4.81. The summed E-state index contributed by atoms with van der Waals surface area (Å²) in [6.07, 6.45) is 4.23. The Bertz CT molecular complexity index is 1100. The molecule has 5 heteroatoms. The van der Waals surface area contributed by atoms with Gasteiger partial charge in [0.1, 0.15) is 0 Å². The molecule has 3 aromatic carbocycles. The number of para-hydroxylation sites is 1. The first-order valence-electron chi connectivity index (χ1n) is 11.9. The molecular weight excluding hydrogens is 410 g/mol. The monoisotopic (exact) mass is 441 g/mol. The molecule has 5 nitrogen and oxygen atoms in total. The largest absolute Gasteiger partial charge is 0.381 e. The van der Waals surface area contributed by atoms with E-state index < -0.39 is 0 Å². The Kier molecular flexibility index (Phi) is 6.31. The van der Waals surface area contributed by atoms with Crippen LogP contribution in [0.15, 0.2) is 72.8 Å². The number of carbonyl (C=O) groups excluding carboxylic acids is 1. The van der Waals surface area contributed by atoms with Crippen LogP contribution in [0.3, 0.4) is 0 Å². The molecule has 3 N–H and O–H groups in total. The minimum atomic E-state index is -0.312. The summed E-state index contributed by atoms with van der Waals surface area (Å²) in [7, 11) is 0. The van der Waals surface area contributed by atoms with Gasteiger partial charge in [-0.25, -0.2) is 0 Å². The van der Waals surface area contributed by atoms with E-state index >= 15 is 0 Å². The maximum Gasteiger partial charge on any atom is 0.328 e. The van der Waals surface area contributed by atoms with Crippen LogP contribution in [0.5, 0.6) is 0 Å². The number of rotatable bonds is 8. The van der Waals surface area contributed by atoms with Crippen LogP contribution in [0.1, 0.15) is 41.0 Å². The Morgan fingerprint density at radius 3 is 2.64 bits per heavy atom. The molecule has 0 unspecified atom stereocenters. The molecule has 0 saturated heterocycles. The molecule has 1 aliphatic heterocycles. The van der Waals surface area contributed by atoms with Crippen molar-refractivity contribution in [2.45, 2.75) is 38.1 Å². The first-order valence-corrected chi connectivity index (χ1v) is 11.9. The molecule has 0 aromatic heterocycles. The van der Waals surface area contributed by atoms with Crippen molar-refractivity contribution >= 4 is 17.3 Å². The summed E-state index contributed by atoms with van der Waals surface area (Å²) in [4.78, 5) is 18.5. The summed E-state index contributed by atoms with van der Waals surface area (Å²) in [5.74, 6) is 4.84. The average Bonchev–Trinajstić information content (AvgIpc) is 3.67. The molecule has 5 rings (SSSR count). The zero-order valence-electron chi connectivity index (χ0n) is 18.9. The van der Waals surface area contributed by atoms with Crippen LogP contribution in [0, 0.1) is 5.92 Å². The number of hydrogen-bond donors (Lipinski definition) is 2.